The highest BCUT2D eigenvalue weighted by molar-refractivity contribution is 9.10. The molecule has 2 N–H and O–H groups in total. The van der Waals surface area contributed by atoms with E-state index in [1.165, 1.54) is 12.3 Å². The first-order valence-electron chi connectivity index (χ1n) is 5.71. The van der Waals surface area contributed by atoms with Gasteiger partial charge in [-0.2, -0.15) is 10.1 Å². The molecule has 1 aromatic carbocycles. The second-order valence-corrected chi connectivity index (χ2v) is 4.92. The fourth-order valence-electron chi connectivity index (χ4n) is 1.51. The van der Waals surface area contributed by atoms with E-state index in [1.54, 1.807) is 6.92 Å². The van der Waals surface area contributed by atoms with E-state index in [9.17, 15) is 9.59 Å². The maximum atomic E-state index is 11.8. The van der Waals surface area contributed by atoms with E-state index in [0.29, 0.717) is 5.69 Å². The number of rotatable bonds is 3. The molecule has 0 saturated heterocycles. The van der Waals surface area contributed by atoms with Gasteiger partial charge in [0, 0.05) is 10.2 Å². The van der Waals surface area contributed by atoms with Gasteiger partial charge in [-0.25, -0.2) is 10.2 Å². The summed E-state index contributed by atoms with van der Waals surface area (Å²) in [6.45, 7) is 1.67. The van der Waals surface area contributed by atoms with E-state index in [4.69, 9.17) is 0 Å². The van der Waals surface area contributed by atoms with Crippen LogP contribution in [0.2, 0.25) is 0 Å². The molecule has 1 aromatic heterocycles. The van der Waals surface area contributed by atoms with Crippen molar-refractivity contribution in [1.29, 1.82) is 0 Å². The monoisotopic (exact) mass is 334 g/mol. The first kappa shape index (κ1) is 14.1. The summed E-state index contributed by atoms with van der Waals surface area (Å²) in [5.41, 5.74) is 3.17. The van der Waals surface area contributed by atoms with Gasteiger partial charge in [-0.15, -0.1) is 0 Å². The number of aromatic nitrogens is 2. The van der Waals surface area contributed by atoms with Crippen molar-refractivity contribution in [3.05, 3.63) is 62.2 Å². The van der Waals surface area contributed by atoms with Crippen molar-refractivity contribution in [2.75, 3.05) is 0 Å². The smallest absolute Gasteiger partial charge is 0.310 e. The first-order valence-corrected chi connectivity index (χ1v) is 6.51. The minimum absolute atomic E-state index is 0.0256. The molecule has 0 atom stereocenters. The van der Waals surface area contributed by atoms with Crippen molar-refractivity contribution in [2.24, 2.45) is 5.10 Å². The number of hydrogen-bond donors (Lipinski definition) is 2. The number of aromatic amines is 1. The van der Waals surface area contributed by atoms with Crippen molar-refractivity contribution in [2.45, 2.75) is 6.92 Å². The second-order valence-electron chi connectivity index (χ2n) is 4.01. The fourth-order valence-corrected chi connectivity index (χ4v) is 1.92. The van der Waals surface area contributed by atoms with Gasteiger partial charge in [0.05, 0.1) is 6.21 Å². The predicted molar refractivity (Wildman–Crippen MR) is 78.8 cm³/mol. The average molecular weight is 335 g/mol. The van der Waals surface area contributed by atoms with E-state index < -0.39 is 11.6 Å². The van der Waals surface area contributed by atoms with Crippen LogP contribution < -0.4 is 11.1 Å². The SMILES string of the molecule is Cc1cc(C(=O)N/N=C/c2cccc(Br)c2)nc(=O)[nH]1. The van der Waals surface area contributed by atoms with Crippen molar-refractivity contribution < 1.29 is 4.79 Å². The number of nitrogens with one attached hydrogen (secondary N) is 2. The van der Waals surface area contributed by atoms with Crippen LogP contribution in [0.15, 0.2) is 44.7 Å². The number of hydrogen-bond acceptors (Lipinski definition) is 4. The minimum atomic E-state index is -0.564. The maximum absolute atomic E-state index is 11.8. The molecule has 0 aliphatic heterocycles. The highest BCUT2D eigenvalue weighted by Gasteiger charge is 2.07. The van der Waals surface area contributed by atoms with Crippen LogP contribution in [0.3, 0.4) is 0 Å². The zero-order chi connectivity index (χ0) is 14.5. The highest BCUT2D eigenvalue weighted by atomic mass is 79.9. The van der Waals surface area contributed by atoms with Crippen LogP contribution in [0.4, 0.5) is 0 Å². The van der Waals surface area contributed by atoms with Crippen LogP contribution in [0, 0.1) is 6.92 Å². The van der Waals surface area contributed by atoms with Gasteiger partial charge in [-0.1, -0.05) is 28.1 Å². The number of halogens is 1. The van der Waals surface area contributed by atoms with Crippen LogP contribution in [0.25, 0.3) is 0 Å². The summed E-state index contributed by atoms with van der Waals surface area (Å²) in [4.78, 5) is 28.9. The molecular formula is C13H11BrN4O2. The highest BCUT2D eigenvalue weighted by Crippen LogP contribution is 2.09. The number of hydrazone groups is 1. The van der Waals surface area contributed by atoms with Gasteiger partial charge < -0.3 is 4.98 Å². The molecule has 0 fully saturated rings. The number of H-pyrrole nitrogens is 1. The molecule has 0 bridgehead atoms. The molecule has 2 rings (SSSR count). The minimum Gasteiger partial charge on any atom is -0.310 e. The molecule has 0 aliphatic rings. The Morgan fingerprint density at radius 2 is 2.25 bits per heavy atom. The van der Waals surface area contributed by atoms with E-state index in [0.717, 1.165) is 10.0 Å². The lowest BCUT2D eigenvalue weighted by Crippen LogP contribution is -2.24. The van der Waals surface area contributed by atoms with Crippen LogP contribution in [-0.2, 0) is 0 Å². The molecule has 0 spiro atoms. The Hall–Kier alpha value is -2.28. The topological polar surface area (TPSA) is 87.2 Å². The Bertz CT molecular complexity index is 724. The van der Waals surface area contributed by atoms with E-state index in [-0.39, 0.29) is 5.69 Å². The van der Waals surface area contributed by atoms with Gasteiger partial charge in [0.25, 0.3) is 5.91 Å². The average Bonchev–Trinajstić information content (AvgIpc) is 2.37. The number of aryl methyl sites for hydroxylation is 1. The zero-order valence-corrected chi connectivity index (χ0v) is 12.1. The summed E-state index contributed by atoms with van der Waals surface area (Å²) < 4.78 is 0.916. The third-order valence-corrected chi connectivity index (χ3v) is 2.83. The van der Waals surface area contributed by atoms with Crippen molar-refractivity contribution >= 4 is 28.1 Å². The number of benzene rings is 1. The van der Waals surface area contributed by atoms with Crippen LogP contribution >= 0.6 is 15.9 Å². The van der Waals surface area contributed by atoms with Crippen LogP contribution in [0.1, 0.15) is 21.7 Å². The normalized spacial score (nSPS) is 10.7. The molecule has 1 amide bonds. The molecule has 102 valence electrons. The molecule has 0 saturated carbocycles. The summed E-state index contributed by atoms with van der Waals surface area (Å²) in [5, 5.41) is 3.82. The van der Waals surface area contributed by atoms with Crippen molar-refractivity contribution in [3.8, 4) is 0 Å². The Morgan fingerprint density at radius 1 is 1.45 bits per heavy atom. The van der Waals surface area contributed by atoms with E-state index in [2.05, 4.69) is 36.4 Å². The molecule has 7 heteroatoms. The fraction of sp³-hybridized carbons (Fsp3) is 0.0769. The van der Waals surface area contributed by atoms with Gasteiger partial charge in [0.1, 0.15) is 5.69 Å². The Kier molecular flexibility index (Phi) is 4.41. The lowest BCUT2D eigenvalue weighted by Gasteiger charge is -1.99. The third-order valence-electron chi connectivity index (χ3n) is 2.34. The lowest BCUT2D eigenvalue weighted by molar-refractivity contribution is 0.0949. The third kappa shape index (κ3) is 3.86. The van der Waals surface area contributed by atoms with E-state index >= 15 is 0 Å². The van der Waals surface area contributed by atoms with Gasteiger partial charge in [0.2, 0.25) is 0 Å². The summed E-state index contributed by atoms with van der Waals surface area (Å²) in [6, 6.07) is 8.92. The van der Waals surface area contributed by atoms with Crippen LogP contribution in [-0.4, -0.2) is 22.1 Å². The zero-order valence-electron chi connectivity index (χ0n) is 10.6. The summed E-state index contributed by atoms with van der Waals surface area (Å²) in [7, 11) is 0. The quantitative estimate of drug-likeness (QED) is 0.660. The standard InChI is InChI=1S/C13H11BrN4O2/c1-8-5-11(17-13(20)16-8)12(19)18-15-7-9-3-2-4-10(14)6-9/h2-7H,1H3,(H,18,19)(H,16,17,20)/b15-7+. The molecule has 2 aromatic rings. The predicted octanol–water partition coefficient (Wildman–Crippen LogP) is 1.60. The number of carbonyl (C=O) groups is 1. The number of nitrogens with zero attached hydrogens (tertiary/aromatic N) is 2. The molecular weight excluding hydrogens is 324 g/mol. The van der Waals surface area contributed by atoms with Crippen LogP contribution in [0.5, 0.6) is 0 Å². The van der Waals surface area contributed by atoms with Crippen molar-refractivity contribution in [3.63, 3.8) is 0 Å². The Morgan fingerprint density at radius 3 is 2.95 bits per heavy atom. The van der Waals surface area contributed by atoms with Gasteiger partial charge in [-0.05, 0) is 30.7 Å². The lowest BCUT2D eigenvalue weighted by atomic mass is 10.2. The molecule has 20 heavy (non-hydrogen) atoms. The summed E-state index contributed by atoms with van der Waals surface area (Å²) in [6.07, 6.45) is 1.50. The number of carbonyl (C=O) groups excluding carboxylic acids is 1. The molecule has 0 aliphatic carbocycles. The molecule has 6 nitrogen and oxygen atoms in total. The number of amides is 1. The van der Waals surface area contributed by atoms with E-state index in [1.807, 2.05) is 24.3 Å². The first-order chi connectivity index (χ1) is 9.54. The van der Waals surface area contributed by atoms with Crippen molar-refractivity contribution in [1.82, 2.24) is 15.4 Å². The summed E-state index contributed by atoms with van der Waals surface area (Å²) in [5.74, 6) is -0.537. The summed E-state index contributed by atoms with van der Waals surface area (Å²) >= 11 is 3.34. The molecule has 0 unspecified atom stereocenters. The van der Waals surface area contributed by atoms with Gasteiger partial charge in [0.15, 0.2) is 0 Å². The second kappa shape index (κ2) is 6.25. The Balaban J connectivity index is 2.07. The van der Waals surface area contributed by atoms with Gasteiger partial charge >= 0.3 is 5.69 Å². The largest absolute Gasteiger partial charge is 0.345 e. The molecule has 1 heterocycles. The Labute approximate surface area is 123 Å². The maximum Gasteiger partial charge on any atom is 0.345 e. The van der Waals surface area contributed by atoms with Gasteiger partial charge in [-0.3, -0.25) is 4.79 Å². The molecule has 0 radical (unpaired) electrons.